The number of rotatable bonds is 4. The molecule has 7 nitrogen and oxygen atoms in total. The molecule has 0 bridgehead atoms. The predicted octanol–water partition coefficient (Wildman–Crippen LogP) is 3.93. The first-order valence-electron chi connectivity index (χ1n) is 10.8. The molecular formula is C24H32O7. The standard InChI is InChI=1S/C24H32O7/c1-11(2)8-16(26)30-20-15(25)9-14(6)24(7)18(20)19(27)21-17(13(5)10-29-21)22(24)31-23(28)12(3)4/h8,10,12,14-15,18,20,22,25H,9H2,1-7H3. The number of ketones is 1. The third-order valence-corrected chi connectivity index (χ3v) is 6.76. The van der Waals surface area contributed by atoms with Crippen LogP contribution in [0.4, 0.5) is 0 Å². The lowest BCUT2D eigenvalue weighted by molar-refractivity contribution is -0.196. The number of ether oxygens (including phenoxy) is 2. The number of carbonyl (C=O) groups is 3. The van der Waals surface area contributed by atoms with Gasteiger partial charge in [0.05, 0.1) is 24.2 Å². The summed E-state index contributed by atoms with van der Waals surface area (Å²) in [5.41, 5.74) is 1.14. The van der Waals surface area contributed by atoms with Gasteiger partial charge >= 0.3 is 11.9 Å². The van der Waals surface area contributed by atoms with Crippen LogP contribution in [0.3, 0.4) is 0 Å². The monoisotopic (exact) mass is 432 g/mol. The fourth-order valence-electron chi connectivity index (χ4n) is 4.90. The lowest BCUT2D eigenvalue weighted by Crippen LogP contribution is -2.61. The Balaban J connectivity index is 2.15. The van der Waals surface area contributed by atoms with Crippen molar-refractivity contribution >= 4 is 17.7 Å². The van der Waals surface area contributed by atoms with Crippen molar-refractivity contribution in [3.05, 3.63) is 34.8 Å². The molecule has 1 aromatic rings. The fourth-order valence-corrected chi connectivity index (χ4v) is 4.90. The molecular weight excluding hydrogens is 400 g/mol. The third-order valence-electron chi connectivity index (χ3n) is 6.76. The summed E-state index contributed by atoms with van der Waals surface area (Å²) in [5.74, 6) is -2.71. The number of carbonyl (C=O) groups excluding carboxylic acids is 3. The molecule has 1 heterocycles. The number of furan rings is 1. The number of hydrogen-bond acceptors (Lipinski definition) is 7. The minimum atomic E-state index is -1.07. The first kappa shape index (κ1) is 23.3. The molecule has 0 saturated heterocycles. The molecule has 3 rings (SSSR count). The Morgan fingerprint density at radius 1 is 1.29 bits per heavy atom. The van der Waals surface area contributed by atoms with E-state index in [0.29, 0.717) is 12.0 Å². The molecule has 170 valence electrons. The zero-order chi connectivity index (χ0) is 23.2. The highest BCUT2D eigenvalue weighted by Crippen LogP contribution is 2.60. The summed E-state index contributed by atoms with van der Waals surface area (Å²) < 4.78 is 17.2. The Bertz CT molecular complexity index is 920. The van der Waals surface area contributed by atoms with Gasteiger partial charge in [-0.05, 0) is 38.7 Å². The van der Waals surface area contributed by atoms with Crippen LogP contribution in [-0.4, -0.2) is 35.0 Å². The van der Waals surface area contributed by atoms with E-state index in [9.17, 15) is 19.5 Å². The second-order valence-corrected chi connectivity index (χ2v) is 9.67. The zero-order valence-electron chi connectivity index (χ0n) is 19.2. The molecule has 31 heavy (non-hydrogen) atoms. The number of fused-ring (bicyclic) bond motifs is 2. The minimum absolute atomic E-state index is 0.103. The molecule has 1 aromatic heterocycles. The summed E-state index contributed by atoms with van der Waals surface area (Å²) in [6.07, 6.45) is 0.251. The highest BCUT2D eigenvalue weighted by molar-refractivity contribution is 6.00. The van der Waals surface area contributed by atoms with Gasteiger partial charge < -0.3 is 19.0 Å². The average molecular weight is 433 g/mol. The average Bonchev–Trinajstić information content (AvgIpc) is 3.03. The molecule has 1 N–H and O–H groups in total. The van der Waals surface area contributed by atoms with Gasteiger partial charge in [-0.1, -0.05) is 33.3 Å². The second-order valence-electron chi connectivity index (χ2n) is 9.67. The molecule has 7 heteroatoms. The Kier molecular flexibility index (Phi) is 6.20. The maximum Gasteiger partial charge on any atom is 0.331 e. The predicted molar refractivity (Wildman–Crippen MR) is 112 cm³/mol. The minimum Gasteiger partial charge on any atom is -0.460 e. The van der Waals surface area contributed by atoms with E-state index in [4.69, 9.17) is 13.9 Å². The van der Waals surface area contributed by atoms with E-state index in [-0.39, 0.29) is 29.3 Å². The fraction of sp³-hybridized carbons (Fsp3) is 0.625. The van der Waals surface area contributed by atoms with Crippen molar-refractivity contribution in [3.63, 3.8) is 0 Å². The van der Waals surface area contributed by atoms with Crippen molar-refractivity contribution in [1.82, 2.24) is 0 Å². The first-order chi connectivity index (χ1) is 14.4. The summed E-state index contributed by atoms with van der Waals surface area (Å²) in [5, 5.41) is 10.8. The quantitative estimate of drug-likeness (QED) is 0.568. The van der Waals surface area contributed by atoms with Gasteiger partial charge in [0.1, 0.15) is 12.2 Å². The largest absolute Gasteiger partial charge is 0.460 e. The first-order valence-corrected chi connectivity index (χ1v) is 10.8. The van der Waals surface area contributed by atoms with Crippen molar-refractivity contribution in [3.8, 4) is 0 Å². The number of aliphatic hydroxyl groups is 1. The molecule has 0 amide bonds. The van der Waals surface area contributed by atoms with E-state index < -0.39 is 35.6 Å². The van der Waals surface area contributed by atoms with Crippen LogP contribution in [-0.2, 0) is 19.1 Å². The number of aryl methyl sites for hydroxylation is 1. The van der Waals surface area contributed by atoms with Gasteiger partial charge in [0.2, 0.25) is 5.78 Å². The Labute approximate surface area is 182 Å². The Morgan fingerprint density at radius 2 is 1.94 bits per heavy atom. The topological polar surface area (TPSA) is 103 Å². The zero-order valence-corrected chi connectivity index (χ0v) is 19.2. The van der Waals surface area contributed by atoms with Gasteiger partial charge in [-0.25, -0.2) is 4.79 Å². The molecule has 0 aliphatic heterocycles. The summed E-state index contributed by atoms with van der Waals surface area (Å²) in [6.45, 7) is 12.6. The van der Waals surface area contributed by atoms with Crippen LogP contribution in [0.1, 0.15) is 75.7 Å². The van der Waals surface area contributed by atoms with E-state index in [0.717, 1.165) is 11.1 Å². The highest BCUT2D eigenvalue weighted by atomic mass is 16.6. The number of hydrogen-bond donors (Lipinski definition) is 1. The normalized spacial score (nSPS) is 32.2. The molecule has 6 unspecified atom stereocenters. The van der Waals surface area contributed by atoms with Crippen LogP contribution < -0.4 is 0 Å². The molecule has 0 aromatic carbocycles. The molecule has 2 aliphatic rings. The van der Waals surface area contributed by atoms with E-state index in [1.165, 1.54) is 12.3 Å². The van der Waals surface area contributed by atoms with Crippen molar-refractivity contribution in [2.24, 2.45) is 23.2 Å². The maximum atomic E-state index is 13.6. The van der Waals surface area contributed by atoms with Crippen LogP contribution in [0.2, 0.25) is 0 Å². The number of allylic oxidation sites excluding steroid dienone is 1. The molecule has 0 radical (unpaired) electrons. The van der Waals surface area contributed by atoms with Crippen molar-refractivity contribution < 1.29 is 33.4 Å². The molecule has 2 aliphatic carbocycles. The molecule has 6 atom stereocenters. The molecule has 1 fully saturated rings. The maximum absolute atomic E-state index is 13.6. The summed E-state index contributed by atoms with van der Waals surface area (Å²) in [4.78, 5) is 38.6. The lowest BCUT2D eigenvalue weighted by atomic mass is 9.52. The Morgan fingerprint density at radius 3 is 2.52 bits per heavy atom. The van der Waals surface area contributed by atoms with Gasteiger partial charge in [-0.2, -0.15) is 0 Å². The van der Waals surface area contributed by atoms with Crippen LogP contribution >= 0.6 is 0 Å². The van der Waals surface area contributed by atoms with Crippen LogP contribution in [0.25, 0.3) is 0 Å². The second kappa shape index (κ2) is 8.26. The Hall–Kier alpha value is -2.41. The SMILES string of the molecule is CC(C)=CC(=O)OC1C(O)CC(C)C2(C)C(OC(=O)C(C)C)c3c(C)coc3C(=O)C12. The summed E-state index contributed by atoms with van der Waals surface area (Å²) in [7, 11) is 0. The van der Waals surface area contributed by atoms with Gasteiger partial charge in [-0.15, -0.1) is 0 Å². The molecule has 0 spiro atoms. The van der Waals surface area contributed by atoms with E-state index >= 15 is 0 Å². The number of esters is 2. The van der Waals surface area contributed by atoms with Crippen molar-refractivity contribution in [2.45, 2.75) is 73.2 Å². The van der Waals surface area contributed by atoms with Crippen LogP contribution in [0.5, 0.6) is 0 Å². The van der Waals surface area contributed by atoms with Crippen molar-refractivity contribution in [2.75, 3.05) is 0 Å². The van der Waals surface area contributed by atoms with Gasteiger partial charge in [0.25, 0.3) is 0 Å². The van der Waals surface area contributed by atoms with Crippen LogP contribution in [0, 0.1) is 30.1 Å². The smallest absolute Gasteiger partial charge is 0.331 e. The van der Waals surface area contributed by atoms with Gasteiger partial charge in [0.15, 0.2) is 5.76 Å². The number of Topliss-reactive ketones (excluding diaryl/α,β-unsaturated/α-hetero) is 1. The van der Waals surface area contributed by atoms with Gasteiger partial charge in [0, 0.05) is 17.1 Å². The van der Waals surface area contributed by atoms with Gasteiger partial charge in [-0.3, -0.25) is 9.59 Å². The van der Waals surface area contributed by atoms with E-state index in [1.807, 2.05) is 20.8 Å². The highest BCUT2D eigenvalue weighted by Gasteiger charge is 2.64. The third kappa shape index (κ3) is 3.84. The summed E-state index contributed by atoms with van der Waals surface area (Å²) in [6, 6.07) is 0. The molecule has 1 saturated carbocycles. The van der Waals surface area contributed by atoms with Crippen LogP contribution in [0.15, 0.2) is 22.3 Å². The lowest BCUT2D eigenvalue weighted by Gasteiger charge is -2.55. The van der Waals surface area contributed by atoms with Crippen molar-refractivity contribution in [1.29, 1.82) is 0 Å². The summed E-state index contributed by atoms with van der Waals surface area (Å²) >= 11 is 0. The van der Waals surface area contributed by atoms with E-state index in [2.05, 4.69) is 0 Å². The number of aliphatic hydroxyl groups excluding tert-OH is 1. The van der Waals surface area contributed by atoms with E-state index in [1.54, 1.807) is 27.7 Å².